The van der Waals surface area contributed by atoms with Gasteiger partial charge in [-0.05, 0) is 37.3 Å². The molecule has 0 saturated heterocycles. The van der Waals surface area contributed by atoms with Crippen molar-refractivity contribution in [3.05, 3.63) is 35.9 Å². The Morgan fingerprint density at radius 1 is 1.25 bits per heavy atom. The fraction of sp³-hybridized carbons (Fsp3) is 0.647. The van der Waals surface area contributed by atoms with Gasteiger partial charge in [0.1, 0.15) is 0 Å². The summed E-state index contributed by atoms with van der Waals surface area (Å²) in [7, 11) is 1.77. The van der Waals surface area contributed by atoms with Gasteiger partial charge in [-0.2, -0.15) is 0 Å². The molecule has 3 atom stereocenters. The zero-order valence-corrected chi connectivity index (χ0v) is 12.8. The molecule has 1 fully saturated rings. The summed E-state index contributed by atoms with van der Waals surface area (Å²) in [6.07, 6.45) is 3.50. The normalized spacial score (nSPS) is 26.9. The van der Waals surface area contributed by atoms with E-state index in [1.807, 2.05) is 0 Å². The highest BCUT2D eigenvalue weighted by Crippen LogP contribution is 2.34. The largest absolute Gasteiger partial charge is 0.383 e. The molecule has 0 amide bonds. The van der Waals surface area contributed by atoms with Gasteiger partial charge >= 0.3 is 0 Å². The third-order valence-electron chi connectivity index (χ3n) is 4.60. The number of benzene rings is 1. The minimum Gasteiger partial charge on any atom is -0.383 e. The first-order valence-electron chi connectivity index (χ1n) is 7.79. The van der Waals surface area contributed by atoms with E-state index in [1.165, 1.54) is 18.4 Å². The van der Waals surface area contributed by atoms with E-state index in [9.17, 15) is 0 Å². The van der Waals surface area contributed by atoms with Crippen LogP contribution in [-0.2, 0) is 4.74 Å². The maximum atomic E-state index is 6.39. The van der Waals surface area contributed by atoms with Gasteiger partial charge in [0, 0.05) is 25.7 Å². The Morgan fingerprint density at radius 2 is 2.00 bits per heavy atom. The van der Waals surface area contributed by atoms with Crippen molar-refractivity contribution < 1.29 is 4.74 Å². The Morgan fingerprint density at radius 3 is 2.65 bits per heavy atom. The highest BCUT2D eigenvalue weighted by atomic mass is 16.5. The summed E-state index contributed by atoms with van der Waals surface area (Å²) in [5, 5.41) is 0. The molecule has 2 N–H and O–H groups in total. The lowest BCUT2D eigenvalue weighted by Gasteiger charge is -2.41. The van der Waals surface area contributed by atoms with Gasteiger partial charge in [-0.15, -0.1) is 0 Å². The second-order valence-electron chi connectivity index (χ2n) is 5.77. The van der Waals surface area contributed by atoms with Crippen LogP contribution in [0.25, 0.3) is 0 Å². The van der Waals surface area contributed by atoms with E-state index in [0.717, 1.165) is 26.1 Å². The standard InChI is InChI=1S/C17H28N2O/c1-3-19(11-12-20-2)17-13-15(9-10-16(17)18)14-7-5-4-6-8-14/h4-8,15-17H,3,9-13,18H2,1-2H3. The zero-order chi connectivity index (χ0) is 14.4. The van der Waals surface area contributed by atoms with Crippen LogP contribution in [0.5, 0.6) is 0 Å². The van der Waals surface area contributed by atoms with Crippen molar-refractivity contribution >= 4 is 0 Å². The van der Waals surface area contributed by atoms with Gasteiger partial charge in [-0.25, -0.2) is 0 Å². The van der Waals surface area contributed by atoms with Gasteiger partial charge in [0.15, 0.2) is 0 Å². The Kier molecular flexibility index (Phi) is 6.02. The summed E-state index contributed by atoms with van der Waals surface area (Å²) in [5.41, 5.74) is 7.85. The maximum Gasteiger partial charge on any atom is 0.0589 e. The first-order chi connectivity index (χ1) is 9.76. The maximum absolute atomic E-state index is 6.39. The number of rotatable bonds is 6. The second-order valence-corrected chi connectivity index (χ2v) is 5.77. The molecule has 1 aromatic carbocycles. The summed E-state index contributed by atoms with van der Waals surface area (Å²) < 4.78 is 5.23. The third-order valence-corrected chi connectivity index (χ3v) is 4.60. The third kappa shape index (κ3) is 3.81. The topological polar surface area (TPSA) is 38.5 Å². The number of likely N-dealkylation sites (N-methyl/N-ethyl adjacent to an activating group) is 1. The number of nitrogens with zero attached hydrogens (tertiary/aromatic N) is 1. The highest BCUT2D eigenvalue weighted by Gasteiger charge is 2.32. The van der Waals surface area contributed by atoms with Crippen LogP contribution in [0, 0.1) is 0 Å². The number of hydrogen-bond donors (Lipinski definition) is 1. The zero-order valence-electron chi connectivity index (χ0n) is 12.8. The van der Waals surface area contributed by atoms with Gasteiger partial charge in [0.25, 0.3) is 0 Å². The van der Waals surface area contributed by atoms with Gasteiger partial charge in [-0.3, -0.25) is 4.90 Å². The molecule has 3 unspecified atom stereocenters. The second kappa shape index (κ2) is 7.77. The average molecular weight is 276 g/mol. The van der Waals surface area contributed by atoms with Crippen LogP contribution >= 0.6 is 0 Å². The highest BCUT2D eigenvalue weighted by molar-refractivity contribution is 5.21. The molecule has 0 bridgehead atoms. The minimum absolute atomic E-state index is 0.298. The monoisotopic (exact) mass is 276 g/mol. The van der Waals surface area contributed by atoms with Crippen LogP contribution in [0.3, 0.4) is 0 Å². The Bertz CT molecular complexity index is 382. The Hall–Kier alpha value is -0.900. The molecule has 20 heavy (non-hydrogen) atoms. The molecule has 0 radical (unpaired) electrons. The molecule has 1 aliphatic carbocycles. The van der Waals surface area contributed by atoms with Crippen molar-refractivity contribution in [3.63, 3.8) is 0 Å². The van der Waals surface area contributed by atoms with E-state index in [1.54, 1.807) is 7.11 Å². The van der Waals surface area contributed by atoms with E-state index < -0.39 is 0 Å². The predicted octanol–water partition coefficient (Wildman–Crippen LogP) is 2.62. The van der Waals surface area contributed by atoms with Crippen LogP contribution in [0.1, 0.15) is 37.7 Å². The predicted molar refractivity (Wildman–Crippen MR) is 83.9 cm³/mol. The Balaban J connectivity index is 2.03. The van der Waals surface area contributed by atoms with E-state index in [4.69, 9.17) is 10.5 Å². The van der Waals surface area contributed by atoms with Crippen LogP contribution in [0.4, 0.5) is 0 Å². The molecule has 3 heteroatoms. The van der Waals surface area contributed by atoms with Gasteiger partial charge in [-0.1, -0.05) is 37.3 Å². The van der Waals surface area contributed by atoms with Crippen LogP contribution in [-0.4, -0.2) is 43.8 Å². The SMILES string of the molecule is CCN(CCOC)C1CC(c2ccccc2)CCC1N. The van der Waals surface area contributed by atoms with Crippen molar-refractivity contribution in [2.45, 2.75) is 44.2 Å². The number of methoxy groups -OCH3 is 1. The minimum atomic E-state index is 0.298. The fourth-order valence-electron chi connectivity index (χ4n) is 3.38. The van der Waals surface area contributed by atoms with Gasteiger partial charge in [0.05, 0.1) is 6.61 Å². The molecule has 1 saturated carbocycles. The van der Waals surface area contributed by atoms with Crippen molar-refractivity contribution in [1.82, 2.24) is 4.90 Å². The molecular weight excluding hydrogens is 248 g/mol. The average Bonchev–Trinajstić information content (AvgIpc) is 2.50. The fourth-order valence-corrected chi connectivity index (χ4v) is 3.38. The van der Waals surface area contributed by atoms with E-state index in [-0.39, 0.29) is 0 Å². The molecular formula is C17H28N2O. The summed E-state index contributed by atoms with van der Waals surface area (Å²) in [5.74, 6) is 0.651. The van der Waals surface area contributed by atoms with Crippen LogP contribution in [0.2, 0.25) is 0 Å². The summed E-state index contributed by atoms with van der Waals surface area (Å²) in [6.45, 7) is 5.03. The summed E-state index contributed by atoms with van der Waals surface area (Å²) >= 11 is 0. The van der Waals surface area contributed by atoms with Crippen molar-refractivity contribution in [2.75, 3.05) is 26.8 Å². The first-order valence-corrected chi connectivity index (χ1v) is 7.79. The molecule has 112 valence electrons. The molecule has 0 aromatic heterocycles. The van der Waals surface area contributed by atoms with Crippen LogP contribution < -0.4 is 5.73 Å². The quantitative estimate of drug-likeness (QED) is 0.868. The molecule has 2 rings (SSSR count). The lowest BCUT2D eigenvalue weighted by atomic mass is 9.78. The lowest BCUT2D eigenvalue weighted by molar-refractivity contribution is 0.0915. The van der Waals surface area contributed by atoms with Gasteiger partial charge in [0.2, 0.25) is 0 Å². The van der Waals surface area contributed by atoms with Crippen molar-refractivity contribution in [1.29, 1.82) is 0 Å². The smallest absolute Gasteiger partial charge is 0.0589 e. The molecule has 0 aliphatic heterocycles. The molecule has 0 spiro atoms. The van der Waals surface area contributed by atoms with E-state index in [0.29, 0.717) is 18.0 Å². The van der Waals surface area contributed by atoms with Crippen LogP contribution in [0.15, 0.2) is 30.3 Å². The Labute approximate surface area is 123 Å². The van der Waals surface area contributed by atoms with Crippen molar-refractivity contribution in [3.8, 4) is 0 Å². The molecule has 0 heterocycles. The number of nitrogens with two attached hydrogens (primary N) is 1. The molecule has 3 nitrogen and oxygen atoms in total. The summed E-state index contributed by atoms with van der Waals surface area (Å²) in [4.78, 5) is 2.49. The first kappa shape index (κ1) is 15.5. The number of ether oxygens (including phenoxy) is 1. The summed E-state index contributed by atoms with van der Waals surface area (Å²) in [6, 6.07) is 11.7. The molecule has 1 aromatic rings. The lowest BCUT2D eigenvalue weighted by Crippen LogP contribution is -2.51. The van der Waals surface area contributed by atoms with Gasteiger partial charge < -0.3 is 10.5 Å². The molecule has 1 aliphatic rings. The van der Waals surface area contributed by atoms with Crippen molar-refractivity contribution in [2.24, 2.45) is 5.73 Å². The number of hydrogen-bond acceptors (Lipinski definition) is 3. The van der Waals surface area contributed by atoms with E-state index >= 15 is 0 Å². The van der Waals surface area contributed by atoms with E-state index in [2.05, 4.69) is 42.2 Å².